The molecule has 0 bridgehead atoms. The minimum Gasteiger partial charge on any atom is -0.426 e. The number of carbonyl (C=O) groups is 4. The van der Waals surface area contributed by atoms with Crippen LogP contribution >= 0.6 is 0 Å². The molecule has 2 aromatic rings. The van der Waals surface area contributed by atoms with Gasteiger partial charge in [0.05, 0.1) is 29.5 Å². The second-order valence-electron chi connectivity index (χ2n) is 9.66. The molecule has 7 heteroatoms. The number of fused-ring (bicyclic) bond motifs is 1. The lowest BCUT2D eigenvalue weighted by atomic mass is 9.82. The van der Waals surface area contributed by atoms with Crippen molar-refractivity contribution in [1.29, 1.82) is 0 Å². The number of anilines is 1. The Morgan fingerprint density at radius 1 is 0.943 bits per heavy atom. The fourth-order valence-corrected chi connectivity index (χ4v) is 5.33. The minimum absolute atomic E-state index is 0.0732. The predicted molar refractivity (Wildman–Crippen MR) is 129 cm³/mol. The van der Waals surface area contributed by atoms with Crippen molar-refractivity contribution in [3.05, 3.63) is 71.8 Å². The highest BCUT2D eigenvalue weighted by Crippen LogP contribution is 2.40. The number of amides is 3. The molecular weight excluding hydrogens is 444 g/mol. The van der Waals surface area contributed by atoms with Crippen molar-refractivity contribution in [2.75, 3.05) is 11.4 Å². The van der Waals surface area contributed by atoms with Crippen molar-refractivity contribution >= 4 is 29.4 Å². The van der Waals surface area contributed by atoms with E-state index in [1.54, 1.807) is 29.2 Å². The SMILES string of the molecule is CC1=CC[C@@H]2C(=O)N(c3ccc(OC(=O)[C@@H]4CC(=O)N([C@@H](C)c5ccccc5)C4)cc3)C(=O)[C@H]2C1. The number of hydrogen-bond donors (Lipinski definition) is 0. The van der Waals surface area contributed by atoms with Crippen molar-refractivity contribution < 1.29 is 23.9 Å². The number of benzene rings is 2. The van der Waals surface area contributed by atoms with E-state index in [2.05, 4.69) is 0 Å². The largest absolute Gasteiger partial charge is 0.426 e. The van der Waals surface area contributed by atoms with E-state index < -0.39 is 11.9 Å². The van der Waals surface area contributed by atoms with Gasteiger partial charge in [-0.25, -0.2) is 0 Å². The van der Waals surface area contributed by atoms with Gasteiger partial charge >= 0.3 is 5.97 Å². The summed E-state index contributed by atoms with van der Waals surface area (Å²) in [6.07, 6.45) is 3.35. The van der Waals surface area contributed by atoms with Gasteiger partial charge in [0.25, 0.3) is 0 Å². The van der Waals surface area contributed by atoms with Crippen LogP contribution in [0.2, 0.25) is 0 Å². The predicted octanol–water partition coefficient (Wildman–Crippen LogP) is 4.05. The first-order chi connectivity index (χ1) is 16.8. The molecule has 2 aliphatic heterocycles. The molecule has 5 rings (SSSR count). The molecule has 3 aliphatic rings. The highest BCUT2D eigenvalue weighted by molar-refractivity contribution is 6.22. The molecule has 0 radical (unpaired) electrons. The smallest absolute Gasteiger partial charge is 0.316 e. The third-order valence-electron chi connectivity index (χ3n) is 7.38. The molecule has 0 N–H and O–H groups in total. The van der Waals surface area contributed by atoms with Gasteiger partial charge in [-0.05, 0) is 56.5 Å². The van der Waals surface area contributed by atoms with Crippen LogP contribution in [0, 0.1) is 17.8 Å². The van der Waals surface area contributed by atoms with Gasteiger partial charge in [0.2, 0.25) is 17.7 Å². The maximum absolute atomic E-state index is 12.9. The van der Waals surface area contributed by atoms with E-state index >= 15 is 0 Å². The van der Waals surface area contributed by atoms with E-state index in [9.17, 15) is 19.2 Å². The fourth-order valence-electron chi connectivity index (χ4n) is 5.33. The Bertz CT molecular complexity index is 1200. The molecule has 0 aromatic heterocycles. The van der Waals surface area contributed by atoms with Gasteiger partial charge in [-0.3, -0.25) is 24.1 Å². The monoisotopic (exact) mass is 472 g/mol. The van der Waals surface area contributed by atoms with Gasteiger partial charge in [0.15, 0.2) is 0 Å². The molecule has 2 aromatic carbocycles. The van der Waals surface area contributed by atoms with Crippen LogP contribution in [0.25, 0.3) is 0 Å². The molecule has 180 valence electrons. The van der Waals surface area contributed by atoms with E-state index in [1.807, 2.05) is 50.3 Å². The van der Waals surface area contributed by atoms with Crippen molar-refractivity contribution in [2.45, 2.75) is 39.2 Å². The Morgan fingerprint density at radius 2 is 1.63 bits per heavy atom. The first-order valence-corrected chi connectivity index (χ1v) is 12.0. The zero-order valence-electron chi connectivity index (χ0n) is 19.8. The summed E-state index contributed by atoms with van der Waals surface area (Å²) in [5.74, 6) is -1.72. The van der Waals surface area contributed by atoms with Crippen LogP contribution < -0.4 is 9.64 Å². The van der Waals surface area contributed by atoms with E-state index in [0.29, 0.717) is 30.8 Å². The molecule has 0 unspecified atom stereocenters. The van der Waals surface area contributed by atoms with Crippen LogP contribution in [-0.2, 0) is 19.2 Å². The van der Waals surface area contributed by atoms with Gasteiger partial charge in [-0.15, -0.1) is 0 Å². The van der Waals surface area contributed by atoms with Gasteiger partial charge < -0.3 is 9.64 Å². The standard InChI is InChI=1S/C28H28N2O5/c1-17-8-13-23-24(14-17)27(33)30(26(23)32)21-9-11-22(12-10-21)35-28(34)20-15-25(31)29(16-20)18(2)19-6-4-3-5-7-19/h3-12,18,20,23-24H,13-16H2,1-2H3/t18-,20+,23-,24-/m0/s1. The molecule has 3 amide bonds. The third kappa shape index (κ3) is 4.27. The second-order valence-corrected chi connectivity index (χ2v) is 9.66. The lowest BCUT2D eigenvalue weighted by molar-refractivity contribution is -0.139. The summed E-state index contributed by atoms with van der Waals surface area (Å²) >= 11 is 0. The second kappa shape index (κ2) is 9.13. The Balaban J connectivity index is 1.23. The van der Waals surface area contributed by atoms with E-state index in [4.69, 9.17) is 4.74 Å². The van der Waals surface area contributed by atoms with Crippen molar-refractivity contribution in [2.24, 2.45) is 17.8 Å². The van der Waals surface area contributed by atoms with Gasteiger partial charge in [0.1, 0.15) is 5.75 Å². The summed E-state index contributed by atoms with van der Waals surface area (Å²) in [6, 6.07) is 16.0. The van der Waals surface area contributed by atoms with E-state index in [-0.39, 0.29) is 42.0 Å². The molecule has 7 nitrogen and oxygen atoms in total. The van der Waals surface area contributed by atoms with Crippen LogP contribution in [-0.4, -0.2) is 35.1 Å². The maximum atomic E-state index is 12.9. The lowest BCUT2D eigenvalue weighted by Gasteiger charge is -2.25. The Kier molecular flexibility index (Phi) is 6.01. The molecule has 2 heterocycles. The number of carbonyl (C=O) groups excluding carboxylic acids is 4. The minimum atomic E-state index is -0.547. The van der Waals surface area contributed by atoms with Crippen molar-refractivity contribution in [1.82, 2.24) is 4.90 Å². The summed E-state index contributed by atoms with van der Waals surface area (Å²) in [5.41, 5.74) is 2.63. The molecule has 1 aliphatic carbocycles. The highest BCUT2D eigenvalue weighted by Gasteiger charge is 2.48. The van der Waals surface area contributed by atoms with Crippen LogP contribution in [0.5, 0.6) is 5.75 Å². The van der Waals surface area contributed by atoms with Crippen molar-refractivity contribution in [3.63, 3.8) is 0 Å². The van der Waals surface area contributed by atoms with E-state index in [1.165, 1.54) is 4.90 Å². The number of ether oxygens (including phenoxy) is 1. The van der Waals surface area contributed by atoms with E-state index in [0.717, 1.165) is 11.1 Å². The Morgan fingerprint density at radius 3 is 2.34 bits per heavy atom. The highest BCUT2D eigenvalue weighted by atomic mass is 16.5. The topological polar surface area (TPSA) is 84.0 Å². The molecule has 2 fully saturated rings. The van der Waals surface area contributed by atoms with Crippen LogP contribution in [0.15, 0.2) is 66.2 Å². The quantitative estimate of drug-likeness (QED) is 0.284. The molecule has 35 heavy (non-hydrogen) atoms. The number of nitrogens with zero attached hydrogens (tertiary/aromatic N) is 2. The lowest BCUT2D eigenvalue weighted by Crippen LogP contribution is -2.31. The number of allylic oxidation sites excluding steroid dienone is 2. The molecule has 0 saturated carbocycles. The first kappa shape index (κ1) is 23.0. The Hall–Kier alpha value is -3.74. The molecular formula is C28H28N2O5. The third-order valence-corrected chi connectivity index (χ3v) is 7.38. The number of imide groups is 1. The Labute approximate surface area is 204 Å². The summed E-state index contributed by atoms with van der Waals surface area (Å²) < 4.78 is 5.55. The number of hydrogen-bond acceptors (Lipinski definition) is 5. The fraction of sp³-hybridized carbons (Fsp3) is 0.357. The first-order valence-electron chi connectivity index (χ1n) is 12.0. The van der Waals surface area contributed by atoms with Gasteiger partial charge in [-0.1, -0.05) is 42.0 Å². The summed E-state index contributed by atoms with van der Waals surface area (Å²) in [5, 5.41) is 0. The normalized spacial score (nSPS) is 24.9. The zero-order valence-corrected chi connectivity index (χ0v) is 19.8. The summed E-state index contributed by atoms with van der Waals surface area (Å²) in [4.78, 5) is 54.1. The number of likely N-dealkylation sites (tertiary alicyclic amines) is 1. The average molecular weight is 473 g/mol. The van der Waals surface area contributed by atoms with Gasteiger partial charge in [-0.2, -0.15) is 0 Å². The van der Waals surface area contributed by atoms with Crippen molar-refractivity contribution in [3.8, 4) is 5.75 Å². The van der Waals surface area contributed by atoms with Crippen LogP contribution in [0.4, 0.5) is 5.69 Å². The maximum Gasteiger partial charge on any atom is 0.316 e. The summed E-state index contributed by atoms with van der Waals surface area (Å²) in [7, 11) is 0. The zero-order chi connectivity index (χ0) is 24.7. The van der Waals surface area contributed by atoms with Gasteiger partial charge in [0, 0.05) is 13.0 Å². The number of rotatable bonds is 5. The van der Waals surface area contributed by atoms with Crippen LogP contribution in [0.3, 0.4) is 0 Å². The number of esters is 1. The molecule has 2 saturated heterocycles. The van der Waals surface area contributed by atoms with Crippen LogP contribution in [0.1, 0.15) is 44.7 Å². The average Bonchev–Trinajstić information content (AvgIpc) is 3.37. The molecule has 0 spiro atoms. The molecule has 4 atom stereocenters. The summed E-state index contributed by atoms with van der Waals surface area (Å²) in [6.45, 7) is 4.24.